The smallest absolute Gasteiger partial charge is 0.320 e. The van der Waals surface area contributed by atoms with E-state index >= 15 is 0 Å². The van der Waals surface area contributed by atoms with Crippen molar-refractivity contribution < 1.29 is 9.90 Å². The third kappa shape index (κ3) is 5.74. The number of hydrogen-bond donors (Lipinski definition) is 2. The van der Waals surface area contributed by atoms with Gasteiger partial charge in [-0.05, 0) is 36.4 Å². The molecule has 3 nitrogen and oxygen atoms in total. The zero-order chi connectivity index (χ0) is 15.0. The summed E-state index contributed by atoms with van der Waals surface area (Å²) < 4.78 is 0. The van der Waals surface area contributed by atoms with Crippen LogP contribution in [-0.2, 0) is 11.2 Å². The monoisotopic (exact) mass is 277 g/mol. The summed E-state index contributed by atoms with van der Waals surface area (Å²) in [5.74, 6) is -0.193. The molecule has 0 spiro atoms. The number of carboxylic acid groups (broad SMARTS) is 1. The number of benzene rings is 1. The van der Waals surface area contributed by atoms with E-state index < -0.39 is 12.0 Å². The van der Waals surface area contributed by atoms with Gasteiger partial charge in [0, 0.05) is 0 Å². The fourth-order valence-electron chi connectivity index (χ4n) is 2.18. The highest BCUT2D eigenvalue weighted by Crippen LogP contribution is 2.14. The maximum Gasteiger partial charge on any atom is 0.320 e. The molecule has 2 N–H and O–H groups in total. The summed E-state index contributed by atoms with van der Waals surface area (Å²) in [6, 6.07) is 8.18. The summed E-state index contributed by atoms with van der Waals surface area (Å²) in [7, 11) is 0. The van der Waals surface area contributed by atoms with E-state index in [0.717, 1.165) is 19.3 Å². The Morgan fingerprint density at radius 3 is 2.40 bits per heavy atom. The summed E-state index contributed by atoms with van der Waals surface area (Å²) in [5.41, 5.74) is 2.59. The number of aliphatic carboxylic acids is 1. The zero-order valence-corrected chi connectivity index (χ0v) is 12.9. The van der Waals surface area contributed by atoms with Crippen molar-refractivity contribution in [2.24, 2.45) is 0 Å². The van der Waals surface area contributed by atoms with Gasteiger partial charge in [0.05, 0.1) is 0 Å². The molecule has 1 aromatic rings. The minimum atomic E-state index is -0.742. The lowest BCUT2D eigenvalue weighted by Crippen LogP contribution is -2.37. The number of rotatable bonds is 9. The fourth-order valence-corrected chi connectivity index (χ4v) is 2.18. The fraction of sp³-hybridized carbons (Fsp3) is 0.588. The van der Waals surface area contributed by atoms with E-state index in [2.05, 4.69) is 50.4 Å². The number of unbranched alkanes of at least 4 members (excludes halogenated alkanes) is 1. The third-order valence-corrected chi connectivity index (χ3v) is 3.60. The molecular weight excluding hydrogens is 250 g/mol. The first kappa shape index (κ1) is 16.7. The number of hydrogen-bond acceptors (Lipinski definition) is 2. The van der Waals surface area contributed by atoms with E-state index in [1.807, 2.05) is 0 Å². The maximum absolute atomic E-state index is 11.1. The van der Waals surface area contributed by atoms with Crippen LogP contribution >= 0.6 is 0 Å². The highest BCUT2D eigenvalue weighted by atomic mass is 16.4. The van der Waals surface area contributed by atoms with Crippen molar-refractivity contribution >= 4 is 5.97 Å². The second kappa shape index (κ2) is 8.75. The standard InChI is InChI=1S/C17H27NO2/c1-4-5-6-16(17(19)20)18-12-11-14-7-9-15(10-8-14)13(2)3/h7-10,13,16,18H,4-6,11-12H2,1-3H3,(H,19,20). The molecule has 0 saturated heterocycles. The molecule has 0 aliphatic rings. The van der Waals surface area contributed by atoms with E-state index in [9.17, 15) is 4.79 Å². The lowest BCUT2D eigenvalue weighted by Gasteiger charge is -2.14. The first-order chi connectivity index (χ1) is 9.54. The van der Waals surface area contributed by atoms with Crippen LogP contribution in [-0.4, -0.2) is 23.7 Å². The molecule has 0 aromatic heterocycles. The van der Waals surface area contributed by atoms with Gasteiger partial charge in [-0.15, -0.1) is 0 Å². The van der Waals surface area contributed by atoms with E-state index in [0.29, 0.717) is 18.9 Å². The minimum Gasteiger partial charge on any atom is -0.480 e. The van der Waals surface area contributed by atoms with Gasteiger partial charge >= 0.3 is 5.97 Å². The average Bonchev–Trinajstić information content (AvgIpc) is 2.42. The molecule has 1 atom stereocenters. The van der Waals surface area contributed by atoms with Gasteiger partial charge in [0.15, 0.2) is 0 Å². The van der Waals surface area contributed by atoms with Crippen LogP contribution in [0.25, 0.3) is 0 Å². The molecule has 20 heavy (non-hydrogen) atoms. The first-order valence-corrected chi connectivity index (χ1v) is 7.59. The molecule has 0 bridgehead atoms. The van der Waals surface area contributed by atoms with Gasteiger partial charge in [-0.3, -0.25) is 4.79 Å². The molecule has 0 aliphatic carbocycles. The summed E-state index contributed by atoms with van der Waals surface area (Å²) in [6.45, 7) is 7.15. The molecule has 1 aromatic carbocycles. The van der Waals surface area contributed by atoms with Crippen molar-refractivity contribution in [3.05, 3.63) is 35.4 Å². The van der Waals surface area contributed by atoms with Gasteiger partial charge in [0.25, 0.3) is 0 Å². The second-order valence-electron chi connectivity index (χ2n) is 5.63. The topological polar surface area (TPSA) is 49.3 Å². The van der Waals surface area contributed by atoms with Gasteiger partial charge in [-0.1, -0.05) is 57.9 Å². The normalized spacial score (nSPS) is 12.6. The van der Waals surface area contributed by atoms with Crippen molar-refractivity contribution in [2.75, 3.05) is 6.54 Å². The van der Waals surface area contributed by atoms with E-state index in [1.165, 1.54) is 11.1 Å². The number of carbonyl (C=O) groups is 1. The Balaban J connectivity index is 2.40. The lowest BCUT2D eigenvalue weighted by atomic mass is 10.0. The van der Waals surface area contributed by atoms with Crippen LogP contribution in [0.4, 0.5) is 0 Å². The van der Waals surface area contributed by atoms with Crippen LogP contribution < -0.4 is 5.32 Å². The molecular formula is C17H27NO2. The Kier molecular flexibility index (Phi) is 7.31. The first-order valence-electron chi connectivity index (χ1n) is 7.59. The van der Waals surface area contributed by atoms with E-state index in [-0.39, 0.29) is 0 Å². The maximum atomic E-state index is 11.1. The van der Waals surface area contributed by atoms with Crippen LogP contribution in [0.15, 0.2) is 24.3 Å². The van der Waals surface area contributed by atoms with E-state index in [4.69, 9.17) is 5.11 Å². The van der Waals surface area contributed by atoms with Crippen molar-refractivity contribution in [2.45, 2.75) is 58.4 Å². The highest BCUT2D eigenvalue weighted by molar-refractivity contribution is 5.73. The van der Waals surface area contributed by atoms with E-state index in [1.54, 1.807) is 0 Å². The van der Waals surface area contributed by atoms with Gasteiger partial charge < -0.3 is 10.4 Å². The number of carboxylic acids is 1. The summed E-state index contributed by atoms with van der Waals surface area (Å²) in [4.78, 5) is 11.1. The van der Waals surface area contributed by atoms with Crippen LogP contribution in [0.1, 0.15) is 57.1 Å². The van der Waals surface area contributed by atoms with Crippen molar-refractivity contribution in [1.29, 1.82) is 0 Å². The molecule has 1 rings (SSSR count). The Labute approximate surface area is 122 Å². The zero-order valence-electron chi connectivity index (χ0n) is 12.9. The molecule has 0 aliphatic heterocycles. The van der Waals surface area contributed by atoms with Crippen molar-refractivity contribution in [1.82, 2.24) is 5.32 Å². The molecule has 0 heterocycles. The largest absolute Gasteiger partial charge is 0.480 e. The van der Waals surface area contributed by atoms with Gasteiger partial charge in [-0.2, -0.15) is 0 Å². The van der Waals surface area contributed by atoms with Crippen molar-refractivity contribution in [3.63, 3.8) is 0 Å². The third-order valence-electron chi connectivity index (χ3n) is 3.60. The van der Waals surface area contributed by atoms with Crippen LogP contribution in [0.3, 0.4) is 0 Å². The molecule has 0 radical (unpaired) electrons. The van der Waals surface area contributed by atoms with Crippen molar-refractivity contribution in [3.8, 4) is 0 Å². The Bertz CT molecular complexity index is 398. The Hall–Kier alpha value is -1.35. The van der Waals surface area contributed by atoms with Crippen LogP contribution in [0.5, 0.6) is 0 Å². The summed E-state index contributed by atoms with van der Waals surface area (Å²) >= 11 is 0. The van der Waals surface area contributed by atoms with Gasteiger partial charge in [-0.25, -0.2) is 0 Å². The quantitative estimate of drug-likeness (QED) is 0.725. The molecule has 112 valence electrons. The lowest BCUT2D eigenvalue weighted by molar-refractivity contribution is -0.139. The predicted molar refractivity (Wildman–Crippen MR) is 83.2 cm³/mol. The molecule has 0 saturated carbocycles. The van der Waals surface area contributed by atoms with Crippen LogP contribution in [0, 0.1) is 0 Å². The highest BCUT2D eigenvalue weighted by Gasteiger charge is 2.15. The molecule has 1 unspecified atom stereocenters. The average molecular weight is 277 g/mol. The SMILES string of the molecule is CCCCC(NCCc1ccc(C(C)C)cc1)C(=O)O. The van der Waals surface area contributed by atoms with Crippen LogP contribution in [0.2, 0.25) is 0 Å². The molecule has 3 heteroatoms. The predicted octanol–water partition coefficient (Wildman–Crippen LogP) is 3.59. The van der Waals surface area contributed by atoms with Gasteiger partial charge in [0.2, 0.25) is 0 Å². The summed E-state index contributed by atoms with van der Waals surface area (Å²) in [5, 5.41) is 12.3. The molecule has 0 amide bonds. The minimum absolute atomic E-state index is 0.412. The Morgan fingerprint density at radius 1 is 1.25 bits per heavy atom. The second-order valence-corrected chi connectivity index (χ2v) is 5.63. The molecule has 0 fully saturated rings. The Morgan fingerprint density at radius 2 is 1.90 bits per heavy atom. The van der Waals surface area contributed by atoms with Gasteiger partial charge in [0.1, 0.15) is 6.04 Å². The number of nitrogens with one attached hydrogen (secondary N) is 1. The summed E-state index contributed by atoms with van der Waals surface area (Å²) in [6.07, 6.45) is 3.56.